The van der Waals surface area contributed by atoms with Crippen molar-refractivity contribution in [2.75, 3.05) is 13.2 Å². The Morgan fingerprint density at radius 3 is 1.15 bits per heavy atom. The van der Waals surface area contributed by atoms with Crippen LogP contribution in [0.25, 0.3) is 0 Å². The van der Waals surface area contributed by atoms with Crippen molar-refractivity contribution in [1.29, 1.82) is 0 Å². The number of allylic oxidation sites excluding steroid dienone is 2. The maximum Gasteiger partial charge on any atom is 0.305 e. The number of aliphatic hydroxyl groups is 2. The fraction of sp³-hybridized carbons (Fsp3) is 0.929. The van der Waals surface area contributed by atoms with E-state index in [1.807, 2.05) is 0 Å². The Bertz CT molecular complexity index is 924. The van der Waals surface area contributed by atoms with Gasteiger partial charge in [0.1, 0.15) is 0 Å². The van der Waals surface area contributed by atoms with E-state index in [-0.39, 0.29) is 18.5 Å². The van der Waals surface area contributed by atoms with Crippen LogP contribution in [0.2, 0.25) is 0 Å². The van der Waals surface area contributed by atoms with Gasteiger partial charge in [-0.3, -0.25) is 9.59 Å². The molecular formula is C56H109NO5. The number of hydrogen-bond donors (Lipinski definition) is 3. The van der Waals surface area contributed by atoms with Crippen LogP contribution in [0.1, 0.15) is 309 Å². The van der Waals surface area contributed by atoms with Crippen LogP contribution >= 0.6 is 0 Å². The molecule has 0 radical (unpaired) electrons. The molecule has 2 atom stereocenters. The zero-order valence-corrected chi connectivity index (χ0v) is 41.9. The van der Waals surface area contributed by atoms with Crippen LogP contribution < -0.4 is 5.32 Å². The summed E-state index contributed by atoms with van der Waals surface area (Å²) in [5.74, 6) is -0.0446. The van der Waals surface area contributed by atoms with Crippen molar-refractivity contribution in [3.8, 4) is 0 Å². The lowest BCUT2D eigenvalue weighted by Gasteiger charge is -2.22. The number of esters is 1. The highest BCUT2D eigenvalue weighted by atomic mass is 16.5. The van der Waals surface area contributed by atoms with E-state index in [0.717, 1.165) is 51.4 Å². The maximum absolute atomic E-state index is 12.4. The number of carbonyl (C=O) groups excluding carboxylic acids is 2. The summed E-state index contributed by atoms with van der Waals surface area (Å²) < 4.78 is 5.48. The monoisotopic (exact) mass is 876 g/mol. The third-order valence-electron chi connectivity index (χ3n) is 13.1. The molecule has 0 bridgehead atoms. The van der Waals surface area contributed by atoms with Gasteiger partial charge in [-0.05, 0) is 51.4 Å². The smallest absolute Gasteiger partial charge is 0.305 e. The molecule has 62 heavy (non-hydrogen) atoms. The summed E-state index contributed by atoms with van der Waals surface area (Å²) >= 11 is 0. The second-order valence-electron chi connectivity index (χ2n) is 19.3. The predicted molar refractivity (Wildman–Crippen MR) is 269 cm³/mol. The fourth-order valence-corrected chi connectivity index (χ4v) is 8.75. The molecule has 0 saturated carbocycles. The minimum Gasteiger partial charge on any atom is -0.466 e. The first-order valence-corrected chi connectivity index (χ1v) is 27.9. The van der Waals surface area contributed by atoms with Crippen LogP contribution in [0.15, 0.2) is 12.2 Å². The van der Waals surface area contributed by atoms with Crippen molar-refractivity contribution in [2.24, 2.45) is 0 Å². The fourth-order valence-electron chi connectivity index (χ4n) is 8.75. The molecule has 3 N–H and O–H groups in total. The first-order chi connectivity index (χ1) is 30.5. The molecule has 0 heterocycles. The molecule has 368 valence electrons. The molecule has 0 aromatic heterocycles. The van der Waals surface area contributed by atoms with Crippen LogP contribution in [0.4, 0.5) is 0 Å². The van der Waals surface area contributed by atoms with Gasteiger partial charge in [0.25, 0.3) is 0 Å². The first-order valence-electron chi connectivity index (χ1n) is 27.9. The summed E-state index contributed by atoms with van der Waals surface area (Å²) in [7, 11) is 0. The minimum absolute atomic E-state index is 0.00191. The highest BCUT2D eigenvalue weighted by molar-refractivity contribution is 5.76. The van der Waals surface area contributed by atoms with Gasteiger partial charge in [0, 0.05) is 12.8 Å². The molecule has 0 fully saturated rings. The van der Waals surface area contributed by atoms with Crippen LogP contribution in [0.5, 0.6) is 0 Å². The topological polar surface area (TPSA) is 95.9 Å². The van der Waals surface area contributed by atoms with E-state index >= 15 is 0 Å². The van der Waals surface area contributed by atoms with E-state index in [0.29, 0.717) is 25.9 Å². The van der Waals surface area contributed by atoms with Gasteiger partial charge in [-0.1, -0.05) is 257 Å². The molecule has 0 aromatic rings. The molecule has 0 aromatic carbocycles. The molecule has 6 nitrogen and oxygen atoms in total. The predicted octanol–water partition coefficient (Wildman–Crippen LogP) is 16.9. The van der Waals surface area contributed by atoms with Gasteiger partial charge in [0.15, 0.2) is 0 Å². The summed E-state index contributed by atoms with van der Waals surface area (Å²) in [4.78, 5) is 24.5. The second-order valence-corrected chi connectivity index (χ2v) is 19.3. The van der Waals surface area contributed by atoms with E-state index in [1.54, 1.807) is 0 Å². The van der Waals surface area contributed by atoms with Gasteiger partial charge in [-0.15, -0.1) is 0 Å². The van der Waals surface area contributed by atoms with E-state index in [1.165, 1.54) is 225 Å². The third-order valence-corrected chi connectivity index (χ3v) is 13.1. The standard InChI is InChI=1S/C56H109NO5/c1-3-5-7-9-11-13-15-17-18-23-26-30-34-38-42-46-50-56(61)62-51-47-43-39-35-31-27-24-21-19-20-22-25-29-33-37-41-45-49-55(60)57-53(52-58)54(59)48-44-40-36-32-28-16-14-12-10-8-6-4-2/h19,21,53-54,58-59H,3-18,20,22-52H2,1-2H3,(H,57,60)/b21-19-. The molecule has 1 amide bonds. The Hall–Kier alpha value is -1.40. The van der Waals surface area contributed by atoms with Crippen LogP contribution in [-0.4, -0.2) is 47.4 Å². The molecular weight excluding hydrogens is 767 g/mol. The van der Waals surface area contributed by atoms with Crippen molar-refractivity contribution in [1.82, 2.24) is 5.32 Å². The normalized spacial score (nSPS) is 12.6. The minimum atomic E-state index is -0.670. The summed E-state index contributed by atoms with van der Waals surface area (Å²) in [5.41, 5.74) is 0. The largest absolute Gasteiger partial charge is 0.466 e. The SMILES string of the molecule is CCCCCCCCCCCCCCCCCCC(=O)OCCCCCCCC/C=C\CCCCCCCCCC(=O)NC(CO)C(O)CCCCCCCCCCCCCC. The van der Waals surface area contributed by atoms with Crippen LogP contribution in [0.3, 0.4) is 0 Å². The van der Waals surface area contributed by atoms with Crippen molar-refractivity contribution >= 4 is 11.9 Å². The highest BCUT2D eigenvalue weighted by Gasteiger charge is 2.20. The summed E-state index contributed by atoms with van der Waals surface area (Å²) in [6.45, 7) is 4.94. The number of nitrogens with one attached hydrogen (secondary N) is 1. The summed E-state index contributed by atoms with van der Waals surface area (Å²) in [5, 5.41) is 23.2. The van der Waals surface area contributed by atoms with Crippen molar-refractivity contribution in [3.63, 3.8) is 0 Å². The Morgan fingerprint density at radius 1 is 0.435 bits per heavy atom. The van der Waals surface area contributed by atoms with E-state index < -0.39 is 12.1 Å². The van der Waals surface area contributed by atoms with E-state index in [9.17, 15) is 19.8 Å². The average Bonchev–Trinajstić information content (AvgIpc) is 3.27. The number of amides is 1. The molecule has 2 unspecified atom stereocenters. The Balaban J connectivity index is 3.42. The first kappa shape index (κ1) is 60.6. The Kier molecular flexibility index (Phi) is 51.0. The maximum atomic E-state index is 12.4. The van der Waals surface area contributed by atoms with Crippen molar-refractivity contribution in [2.45, 2.75) is 321 Å². The lowest BCUT2D eigenvalue weighted by molar-refractivity contribution is -0.143. The van der Waals surface area contributed by atoms with Gasteiger partial charge in [-0.25, -0.2) is 0 Å². The molecule has 0 aliphatic heterocycles. The molecule has 6 heteroatoms. The summed E-state index contributed by atoms with van der Waals surface area (Å²) in [6.07, 6.45) is 60.5. The van der Waals surface area contributed by atoms with Crippen molar-refractivity contribution < 1.29 is 24.5 Å². The third kappa shape index (κ3) is 48.1. The molecule has 0 aliphatic carbocycles. The van der Waals surface area contributed by atoms with Crippen molar-refractivity contribution in [3.05, 3.63) is 12.2 Å². The molecule has 0 spiro atoms. The number of ether oxygens (including phenoxy) is 1. The number of aliphatic hydroxyl groups excluding tert-OH is 2. The molecule has 0 rings (SSSR count). The number of rotatable bonds is 52. The van der Waals surface area contributed by atoms with Crippen LogP contribution in [-0.2, 0) is 14.3 Å². The van der Waals surface area contributed by atoms with E-state index in [2.05, 4.69) is 31.3 Å². The number of hydrogen-bond acceptors (Lipinski definition) is 5. The lowest BCUT2D eigenvalue weighted by Crippen LogP contribution is -2.45. The Labute approximate surface area is 387 Å². The van der Waals surface area contributed by atoms with E-state index in [4.69, 9.17) is 4.74 Å². The van der Waals surface area contributed by atoms with Gasteiger partial charge < -0.3 is 20.3 Å². The average molecular weight is 876 g/mol. The zero-order valence-electron chi connectivity index (χ0n) is 41.9. The number of unbranched alkanes of at least 4 members (excludes halogenated alkanes) is 39. The van der Waals surface area contributed by atoms with Gasteiger partial charge in [-0.2, -0.15) is 0 Å². The molecule has 0 saturated heterocycles. The quantitative estimate of drug-likeness (QED) is 0.0321. The van der Waals surface area contributed by atoms with Gasteiger partial charge in [0.05, 0.1) is 25.4 Å². The van der Waals surface area contributed by atoms with Gasteiger partial charge in [0.2, 0.25) is 5.91 Å². The summed E-state index contributed by atoms with van der Waals surface area (Å²) in [6, 6.07) is -0.548. The van der Waals surface area contributed by atoms with Gasteiger partial charge >= 0.3 is 5.97 Å². The molecule has 0 aliphatic rings. The number of carbonyl (C=O) groups is 2. The Morgan fingerprint density at radius 2 is 0.758 bits per heavy atom. The second kappa shape index (κ2) is 52.2. The highest BCUT2D eigenvalue weighted by Crippen LogP contribution is 2.17. The zero-order chi connectivity index (χ0) is 45.1. The lowest BCUT2D eigenvalue weighted by atomic mass is 10.0. The van der Waals surface area contributed by atoms with Crippen LogP contribution in [0, 0.1) is 0 Å².